The Labute approximate surface area is 229 Å². The van der Waals surface area contributed by atoms with Crippen molar-refractivity contribution in [2.24, 2.45) is 40.9 Å². The predicted molar refractivity (Wildman–Crippen MR) is 136 cm³/mol. The molecular formula is C29H45NO9. The zero-order valence-corrected chi connectivity index (χ0v) is 23.4. The molecule has 4 aliphatic carbocycles. The van der Waals surface area contributed by atoms with Crippen molar-refractivity contribution >= 4 is 5.97 Å². The SMILES string of the molecule is CC(=O)O[C@@H]1C[C@@H]2[C@@]3(O)O[C@@]4(C[C@H]5[C@@H]6CN7C[C@@H](C)CC[C@H]7[C@@](C)(O)[C@H]6[C@@H](O)[C@H](O)[C@@]5(O)[C@H]14)[C@@]2(C)CC[C@@H]3O. The van der Waals surface area contributed by atoms with Crippen LogP contribution in [0.15, 0.2) is 0 Å². The Bertz CT molecular complexity index is 1070. The monoisotopic (exact) mass is 551 g/mol. The molecule has 39 heavy (non-hydrogen) atoms. The molecule has 16 atom stereocenters. The van der Waals surface area contributed by atoms with Gasteiger partial charge < -0.3 is 40.1 Å². The smallest absolute Gasteiger partial charge is 0.302 e. The molecule has 0 amide bonds. The van der Waals surface area contributed by atoms with Crippen LogP contribution in [0.4, 0.5) is 0 Å². The summed E-state index contributed by atoms with van der Waals surface area (Å²) in [5.74, 6) is -5.03. The highest BCUT2D eigenvalue weighted by Crippen LogP contribution is 2.77. The van der Waals surface area contributed by atoms with Gasteiger partial charge in [0.15, 0.2) is 5.79 Å². The van der Waals surface area contributed by atoms with Crippen molar-refractivity contribution in [3.63, 3.8) is 0 Å². The van der Waals surface area contributed by atoms with Crippen molar-refractivity contribution in [2.75, 3.05) is 13.1 Å². The zero-order chi connectivity index (χ0) is 28.1. The summed E-state index contributed by atoms with van der Waals surface area (Å²) in [7, 11) is 0. The summed E-state index contributed by atoms with van der Waals surface area (Å²) >= 11 is 0. The third kappa shape index (κ3) is 2.98. The third-order valence-electron chi connectivity index (χ3n) is 13.1. The predicted octanol–water partition coefficient (Wildman–Crippen LogP) is -0.243. The normalized spacial score (nSPS) is 63.5. The number of carbonyl (C=O) groups is 1. The highest BCUT2D eigenvalue weighted by Gasteiger charge is 2.86. The molecule has 0 aromatic heterocycles. The van der Waals surface area contributed by atoms with E-state index < -0.39 is 82.1 Å². The van der Waals surface area contributed by atoms with E-state index >= 15 is 0 Å². The highest BCUT2D eigenvalue weighted by molar-refractivity contribution is 5.66. The first-order valence-corrected chi connectivity index (χ1v) is 15.0. The van der Waals surface area contributed by atoms with Gasteiger partial charge in [-0.3, -0.25) is 9.69 Å². The van der Waals surface area contributed by atoms with Gasteiger partial charge in [0.25, 0.3) is 0 Å². The molecular weight excluding hydrogens is 506 g/mol. The Hall–Kier alpha value is -0.850. The van der Waals surface area contributed by atoms with E-state index in [2.05, 4.69) is 11.8 Å². The maximum absolute atomic E-state index is 12.8. The summed E-state index contributed by atoms with van der Waals surface area (Å²) in [6.45, 7) is 8.64. The molecule has 6 N–H and O–H groups in total. The number of carbonyl (C=O) groups excluding carboxylic acids is 1. The molecule has 7 fully saturated rings. The van der Waals surface area contributed by atoms with Crippen LogP contribution in [0, 0.1) is 40.9 Å². The van der Waals surface area contributed by atoms with Gasteiger partial charge in [-0.05, 0) is 63.2 Å². The van der Waals surface area contributed by atoms with Crippen LogP contribution in [-0.2, 0) is 14.3 Å². The lowest BCUT2D eigenvalue weighted by Gasteiger charge is -2.63. The van der Waals surface area contributed by atoms with E-state index in [1.807, 2.05) is 6.92 Å². The van der Waals surface area contributed by atoms with Crippen LogP contribution in [0.25, 0.3) is 0 Å². The Morgan fingerprint density at radius 2 is 1.77 bits per heavy atom. The standard InChI is InChI=1S/C29H45NO9/c1-13-5-6-19-26(4,35)21-15(12-30(19)11-13)16-10-27-23(28(16,36)24(34)22(21)33)17(38-14(2)31)9-18-25(27,3)8-7-20(32)29(18,37)39-27/h13,15-24,32-37H,5-12H2,1-4H3/t13-,15-,16-,17+,18-,19-,20-,21+,22+,23+,24-,25-,26+,27+,28-,29+/m0/s1. The van der Waals surface area contributed by atoms with Crippen molar-refractivity contribution in [1.29, 1.82) is 0 Å². The van der Waals surface area contributed by atoms with Gasteiger partial charge >= 0.3 is 5.97 Å². The molecule has 220 valence electrons. The van der Waals surface area contributed by atoms with E-state index in [4.69, 9.17) is 9.47 Å². The second-order valence-corrected chi connectivity index (χ2v) is 14.8. The van der Waals surface area contributed by atoms with Gasteiger partial charge in [-0.2, -0.15) is 0 Å². The minimum absolute atomic E-state index is 0.154. The Morgan fingerprint density at radius 1 is 1.05 bits per heavy atom. The molecule has 7 rings (SSSR count). The van der Waals surface area contributed by atoms with Gasteiger partial charge in [-0.25, -0.2) is 0 Å². The molecule has 0 unspecified atom stereocenters. The summed E-state index contributed by atoms with van der Waals surface area (Å²) in [6.07, 6.45) is -1.93. The zero-order valence-electron chi connectivity index (χ0n) is 23.4. The average Bonchev–Trinajstić information content (AvgIpc) is 3.12. The summed E-state index contributed by atoms with van der Waals surface area (Å²) in [4.78, 5) is 14.6. The van der Waals surface area contributed by atoms with Gasteiger partial charge in [0.2, 0.25) is 0 Å². The first-order valence-electron chi connectivity index (χ1n) is 15.0. The quantitative estimate of drug-likeness (QED) is 0.240. The first kappa shape index (κ1) is 27.0. The van der Waals surface area contributed by atoms with Gasteiger partial charge in [-0.15, -0.1) is 0 Å². The lowest BCUT2D eigenvalue weighted by Crippen LogP contribution is -2.76. The van der Waals surface area contributed by atoms with E-state index in [1.165, 1.54) is 6.92 Å². The Morgan fingerprint density at radius 3 is 2.46 bits per heavy atom. The van der Waals surface area contributed by atoms with Crippen LogP contribution in [0.1, 0.15) is 66.2 Å². The van der Waals surface area contributed by atoms with Gasteiger partial charge in [0, 0.05) is 43.3 Å². The number of esters is 1. The van der Waals surface area contributed by atoms with Crippen molar-refractivity contribution in [3.05, 3.63) is 0 Å². The van der Waals surface area contributed by atoms with Crippen molar-refractivity contribution < 1.29 is 44.9 Å². The highest BCUT2D eigenvalue weighted by atomic mass is 16.7. The second-order valence-electron chi connectivity index (χ2n) is 14.8. The molecule has 7 aliphatic rings. The first-order chi connectivity index (χ1) is 18.1. The minimum atomic E-state index is -1.89. The van der Waals surface area contributed by atoms with Crippen LogP contribution in [0.3, 0.4) is 0 Å². The van der Waals surface area contributed by atoms with Crippen LogP contribution < -0.4 is 0 Å². The number of aliphatic hydroxyl groups excluding tert-OH is 3. The molecule has 4 saturated carbocycles. The van der Waals surface area contributed by atoms with Crippen LogP contribution >= 0.6 is 0 Å². The summed E-state index contributed by atoms with van der Waals surface area (Å²) < 4.78 is 12.4. The van der Waals surface area contributed by atoms with E-state index in [9.17, 15) is 35.4 Å². The fourth-order valence-corrected chi connectivity index (χ4v) is 11.7. The average molecular weight is 552 g/mol. The van der Waals surface area contributed by atoms with Crippen molar-refractivity contribution in [2.45, 2.75) is 119 Å². The number of hydrogen-bond donors (Lipinski definition) is 6. The minimum Gasteiger partial charge on any atom is -0.462 e. The number of nitrogens with zero attached hydrogens (tertiary/aromatic N) is 1. The maximum Gasteiger partial charge on any atom is 0.302 e. The Kier molecular flexibility index (Phi) is 5.51. The van der Waals surface area contributed by atoms with Crippen molar-refractivity contribution in [3.8, 4) is 0 Å². The van der Waals surface area contributed by atoms with E-state index in [0.717, 1.165) is 19.4 Å². The molecule has 3 heterocycles. The number of ether oxygens (including phenoxy) is 2. The van der Waals surface area contributed by atoms with Crippen molar-refractivity contribution in [1.82, 2.24) is 4.90 Å². The summed E-state index contributed by atoms with van der Waals surface area (Å²) in [5, 5.41) is 71.1. The molecule has 1 spiro atoms. The van der Waals surface area contributed by atoms with E-state index in [-0.39, 0.29) is 24.8 Å². The van der Waals surface area contributed by atoms with Crippen LogP contribution in [0.2, 0.25) is 0 Å². The fraction of sp³-hybridized carbons (Fsp3) is 0.966. The van der Waals surface area contributed by atoms with Crippen LogP contribution in [0.5, 0.6) is 0 Å². The molecule has 4 bridgehead atoms. The number of rotatable bonds is 1. The van der Waals surface area contributed by atoms with Crippen LogP contribution in [-0.4, -0.2) is 108 Å². The second kappa shape index (κ2) is 7.95. The lowest BCUT2D eigenvalue weighted by molar-refractivity contribution is -0.296. The van der Waals surface area contributed by atoms with Gasteiger partial charge in [0.1, 0.15) is 23.9 Å². The maximum atomic E-state index is 12.8. The number of fused-ring (bicyclic) bond motifs is 5. The molecule has 3 saturated heterocycles. The molecule has 10 heteroatoms. The third-order valence-corrected chi connectivity index (χ3v) is 13.1. The van der Waals surface area contributed by atoms with E-state index in [0.29, 0.717) is 25.3 Å². The molecule has 0 aromatic rings. The largest absolute Gasteiger partial charge is 0.462 e. The number of aliphatic hydroxyl groups is 6. The van der Waals surface area contributed by atoms with Gasteiger partial charge in [0.05, 0.1) is 23.2 Å². The summed E-state index contributed by atoms with van der Waals surface area (Å²) in [6, 6.07) is -0.154. The topological polar surface area (TPSA) is 160 Å². The number of hydrogen-bond acceptors (Lipinski definition) is 10. The molecule has 0 radical (unpaired) electrons. The van der Waals surface area contributed by atoms with E-state index in [1.54, 1.807) is 6.92 Å². The summed E-state index contributed by atoms with van der Waals surface area (Å²) in [5.41, 5.74) is -5.04. The molecule has 10 nitrogen and oxygen atoms in total. The Balaban J connectivity index is 1.39. The molecule has 3 aliphatic heterocycles. The molecule has 0 aromatic carbocycles. The lowest BCUT2D eigenvalue weighted by atomic mass is 9.49. The van der Waals surface area contributed by atoms with Gasteiger partial charge in [-0.1, -0.05) is 13.8 Å². The number of piperidine rings is 2. The fourth-order valence-electron chi connectivity index (χ4n) is 11.7.